The number of nitrogens with zero attached hydrogens (tertiary/aromatic N) is 2. The molecule has 19 heavy (non-hydrogen) atoms. The van der Waals surface area contributed by atoms with Crippen molar-refractivity contribution in [3.8, 4) is 0 Å². The van der Waals surface area contributed by atoms with E-state index in [0.29, 0.717) is 18.0 Å². The van der Waals surface area contributed by atoms with E-state index in [1.54, 1.807) is 18.2 Å². The van der Waals surface area contributed by atoms with E-state index in [9.17, 15) is 13.5 Å². The van der Waals surface area contributed by atoms with Gasteiger partial charge in [0.25, 0.3) is 0 Å². The van der Waals surface area contributed by atoms with Gasteiger partial charge in [0, 0.05) is 33.7 Å². The Morgan fingerprint density at radius 3 is 2.74 bits per heavy atom. The first kappa shape index (κ1) is 14.5. The molecule has 0 bridgehead atoms. The molecule has 1 fully saturated rings. The highest BCUT2D eigenvalue weighted by Gasteiger charge is 2.21. The third kappa shape index (κ3) is 3.33. The second kappa shape index (κ2) is 5.58. The third-order valence-corrected chi connectivity index (χ3v) is 5.14. The van der Waals surface area contributed by atoms with Crippen molar-refractivity contribution in [2.75, 3.05) is 27.2 Å². The Morgan fingerprint density at radius 1 is 1.42 bits per heavy atom. The van der Waals surface area contributed by atoms with Crippen molar-refractivity contribution < 1.29 is 13.5 Å². The summed E-state index contributed by atoms with van der Waals surface area (Å²) < 4.78 is 25.3. The number of hydrogen-bond acceptors (Lipinski definition) is 4. The lowest BCUT2D eigenvalue weighted by Crippen LogP contribution is -2.23. The molecule has 0 radical (unpaired) electrons. The van der Waals surface area contributed by atoms with Crippen LogP contribution in [-0.2, 0) is 16.6 Å². The van der Waals surface area contributed by atoms with Gasteiger partial charge in [-0.3, -0.25) is 4.90 Å². The molecule has 1 aliphatic heterocycles. The van der Waals surface area contributed by atoms with Gasteiger partial charge in [0.2, 0.25) is 10.0 Å². The van der Waals surface area contributed by atoms with Gasteiger partial charge in [0.15, 0.2) is 0 Å². The highest BCUT2D eigenvalue weighted by Crippen LogP contribution is 2.18. The third-order valence-electron chi connectivity index (χ3n) is 3.33. The maximum Gasteiger partial charge on any atom is 0.242 e. The summed E-state index contributed by atoms with van der Waals surface area (Å²) in [7, 11) is -0.325. The Morgan fingerprint density at radius 2 is 2.16 bits per heavy atom. The summed E-state index contributed by atoms with van der Waals surface area (Å²) in [6, 6.07) is 7.00. The molecule has 1 heterocycles. The van der Waals surface area contributed by atoms with Crippen LogP contribution in [0.5, 0.6) is 0 Å². The normalized spacial score (nSPS) is 21.2. The molecule has 1 atom stereocenters. The summed E-state index contributed by atoms with van der Waals surface area (Å²) in [4.78, 5) is 2.45. The molecule has 1 aliphatic rings. The number of aliphatic hydroxyl groups is 1. The van der Waals surface area contributed by atoms with Crippen molar-refractivity contribution in [2.24, 2.45) is 0 Å². The summed E-state index contributed by atoms with van der Waals surface area (Å²) in [5.74, 6) is 0. The van der Waals surface area contributed by atoms with Crippen LogP contribution in [-0.4, -0.2) is 56.0 Å². The Labute approximate surface area is 114 Å². The largest absolute Gasteiger partial charge is 0.392 e. The van der Waals surface area contributed by atoms with Crippen molar-refractivity contribution in [1.29, 1.82) is 0 Å². The van der Waals surface area contributed by atoms with Gasteiger partial charge in [-0.1, -0.05) is 12.1 Å². The smallest absolute Gasteiger partial charge is 0.242 e. The molecule has 1 N–H and O–H groups in total. The molecule has 0 spiro atoms. The Hall–Kier alpha value is -0.950. The van der Waals surface area contributed by atoms with Crippen molar-refractivity contribution >= 4 is 10.0 Å². The molecule has 106 valence electrons. The summed E-state index contributed by atoms with van der Waals surface area (Å²) in [6.45, 7) is 2.18. The minimum absolute atomic E-state index is 0.256. The standard InChI is InChI=1S/C13H20N2O3S/c1-14(2)19(17,18)13-5-3-4-11(8-13)9-15-7-6-12(16)10-15/h3-5,8,12,16H,6-7,9-10H2,1-2H3. The zero-order valence-electron chi connectivity index (χ0n) is 11.3. The summed E-state index contributed by atoms with van der Waals surface area (Å²) in [6.07, 6.45) is 0.532. The van der Waals surface area contributed by atoms with E-state index < -0.39 is 10.0 Å². The lowest BCUT2D eigenvalue weighted by atomic mass is 10.2. The Balaban J connectivity index is 2.16. The van der Waals surface area contributed by atoms with Crippen LogP contribution in [0.1, 0.15) is 12.0 Å². The molecule has 0 aliphatic carbocycles. The van der Waals surface area contributed by atoms with Crippen LogP contribution in [0.15, 0.2) is 29.2 Å². The molecule has 1 unspecified atom stereocenters. The minimum Gasteiger partial charge on any atom is -0.392 e. The molecule has 1 saturated heterocycles. The average Bonchev–Trinajstić information content (AvgIpc) is 2.75. The second-order valence-electron chi connectivity index (χ2n) is 5.11. The fraction of sp³-hybridized carbons (Fsp3) is 0.538. The lowest BCUT2D eigenvalue weighted by molar-refractivity contribution is 0.175. The zero-order valence-corrected chi connectivity index (χ0v) is 12.1. The van der Waals surface area contributed by atoms with E-state index in [0.717, 1.165) is 18.5 Å². The Kier molecular flexibility index (Phi) is 4.25. The summed E-state index contributed by atoms with van der Waals surface area (Å²) in [5, 5.41) is 9.49. The maximum absolute atomic E-state index is 12.0. The zero-order chi connectivity index (χ0) is 14.0. The van der Waals surface area contributed by atoms with E-state index in [2.05, 4.69) is 4.90 Å². The molecule has 0 amide bonds. The monoisotopic (exact) mass is 284 g/mol. The minimum atomic E-state index is -3.38. The number of hydrogen-bond donors (Lipinski definition) is 1. The predicted molar refractivity (Wildman–Crippen MR) is 73.2 cm³/mol. The summed E-state index contributed by atoms with van der Waals surface area (Å²) >= 11 is 0. The molecule has 1 aromatic carbocycles. The topological polar surface area (TPSA) is 60.9 Å². The van der Waals surface area contributed by atoms with E-state index in [4.69, 9.17) is 0 Å². The van der Waals surface area contributed by atoms with Crippen LogP contribution < -0.4 is 0 Å². The fourth-order valence-electron chi connectivity index (χ4n) is 2.23. The maximum atomic E-state index is 12.0. The van der Waals surface area contributed by atoms with Gasteiger partial charge in [-0.05, 0) is 24.1 Å². The fourth-order valence-corrected chi connectivity index (χ4v) is 3.20. The molecule has 5 nitrogen and oxygen atoms in total. The SMILES string of the molecule is CN(C)S(=O)(=O)c1cccc(CN2CCC(O)C2)c1. The molecule has 1 aromatic rings. The van der Waals surface area contributed by atoms with Crippen LogP contribution >= 0.6 is 0 Å². The van der Waals surface area contributed by atoms with Gasteiger partial charge < -0.3 is 5.11 Å². The first-order chi connectivity index (χ1) is 8.89. The van der Waals surface area contributed by atoms with E-state index >= 15 is 0 Å². The van der Waals surface area contributed by atoms with Crippen LogP contribution in [0.3, 0.4) is 0 Å². The number of sulfonamides is 1. The van der Waals surface area contributed by atoms with E-state index in [1.165, 1.54) is 18.4 Å². The van der Waals surface area contributed by atoms with Gasteiger partial charge in [-0.25, -0.2) is 12.7 Å². The van der Waals surface area contributed by atoms with Crippen molar-refractivity contribution in [3.63, 3.8) is 0 Å². The molecular formula is C13H20N2O3S. The van der Waals surface area contributed by atoms with Gasteiger partial charge in [-0.15, -0.1) is 0 Å². The highest BCUT2D eigenvalue weighted by atomic mass is 32.2. The van der Waals surface area contributed by atoms with Gasteiger partial charge in [0.1, 0.15) is 0 Å². The molecular weight excluding hydrogens is 264 g/mol. The van der Waals surface area contributed by atoms with Crippen molar-refractivity contribution in [2.45, 2.75) is 24.0 Å². The number of aliphatic hydroxyl groups excluding tert-OH is 1. The highest BCUT2D eigenvalue weighted by molar-refractivity contribution is 7.89. The number of likely N-dealkylation sites (tertiary alicyclic amines) is 1. The number of benzene rings is 1. The van der Waals surface area contributed by atoms with Crippen LogP contribution in [0.4, 0.5) is 0 Å². The molecule has 0 aromatic heterocycles. The first-order valence-electron chi connectivity index (χ1n) is 6.31. The van der Waals surface area contributed by atoms with Crippen LogP contribution in [0, 0.1) is 0 Å². The second-order valence-corrected chi connectivity index (χ2v) is 7.26. The molecule has 0 saturated carbocycles. The van der Waals surface area contributed by atoms with Crippen molar-refractivity contribution in [3.05, 3.63) is 29.8 Å². The van der Waals surface area contributed by atoms with E-state index in [-0.39, 0.29) is 6.10 Å². The van der Waals surface area contributed by atoms with Crippen LogP contribution in [0.25, 0.3) is 0 Å². The van der Waals surface area contributed by atoms with Gasteiger partial charge >= 0.3 is 0 Å². The predicted octanol–water partition coefficient (Wildman–Crippen LogP) is 0.503. The van der Waals surface area contributed by atoms with Gasteiger partial charge in [-0.2, -0.15) is 0 Å². The number of β-amino-alcohol motifs (C(OH)–C–C–N with tert-alkyl or cyclic N) is 1. The summed E-state index contributed by atoms with van der Waals surface area (Å²) in [5.41, 5.74) is 0.956. The number of rotatable bonds is 4. The van der Waals surface area contributed by atoms with Crippen LogP contribution in [0.2, 0.25) is 0 Å². The molecule has 6 heteroatoms. The van der Waals surface area contributed by atoms with Gasteiger partial charge in [0.05, 0.1) is 11.0 Å². The Bertz CT molecular complexity index is 543. The first-order valence-corrected chi connectivity index (χ1v) is 7.75. The van der Waals surface area contributed by atoms with Crippen molar-refractivity contribution in [1.82, 2.24) is 9.21 Å². The lowest BCUT2D eigenvalue weighted by Gasteiger charge is -2.16. The quantitative estimate of drug-likeness (QED) is 0.875. The average molecular weight is 284 g/mol. The van der Waals surface area contributed by atoms with E-state index in [1.807, 2.05) is 6.07 Å². The molecule has 2 rings (SSSR count).